The van der Waals surface area contributed by atoms with Crippen LogP contribution in [0, 0.1) is 6.57 Å². The lowest BCUT2D eigenvalue weighted by Crippen LogP contribution is -1.75. The number of benzene rings is 1. The van der Waals surface area contributed by atoms with Gasteiger partial charge in [0, 0.05) is 0 Å². The van der Waals surface area contributed by atoms with Crippen molar-refractivity contribution in [3.05, 3.63) is 41.2 Å². The van der Waals surface area contributed by atoms with Crippen LogP contribution in [0.5, 0.6) is 0 Å². The second-order valence-electron chi connectivity index (χ2n) is 2.98. The molecule has 11 heavy (non-hydrogen) atoms. The topological polar surface area (TPSA) is 4.36 Å². The van der Waals surface area contributed by atoms with Gasteiger partial charge in [0.2, 0.25) is 0 Å². The Morgan fingerprint density at radius 2 is 2.18 bits per heavy atom. The summed E-state index contributed by atoms with van der Waals surface area (Å²) in [7, 11) is 0. The van der Waals surface area contributed by atoms with E-state index in [0.29, 0.717) is 0 Å². The molecule has 0 aromatic heterocycles. The van der Waals surface area contributed by atoms with E-state index in [4.69, 9.17) is 6.57 Å². The molecule has 1 saturated carbocycles. The number of rotatable bonds is 1. The Morgan fingerprint density at radius 3 is 2.82 bits per heavy atom. The normalized spacial score (nSPS) is 15.9. The van der Waals surface area contributed by atoms with Gasteiger partial charge in [0.15, 0.2) is 5.69 Å². The summed E-state index contributed by atoms with van der Waals surface area (Å²) in [5, 5.41) is 0. The number of hydrogen-bond acceptors (Lipinski definition) is 0. The van der Waals surface area contributed by atoms with Crippen LogP contribution in [0.1, 0.15) is 24.3 Å². The number of nitrogens with zero attached hydrogens (tertiary/aromatic N) is 1. The molecule has 0 radical (unpaired) electrons. The lowest BCUT2D eigenvalue weighted by Gasteiger charge is -1.96. The third-order valence-corrected chi connectivity index (χ3v) is 2.05. The van der Waals surface area contributed by atoms with Crippen LogP contribution >= 0.6 is 0 Å². The minimum absolute atomic E-state index is 0.761. The van der Waals surface area contributed by atoms with Crippen molar-refractivity contribution >= 4 is 5.69 Å². The maximum Gasteiger partial charge on any atom is 0.187 e. The van der Waals surface area contributed by atoms with E-state index >= 15 is 0 Å². The van der Waals surface area contributed by atoms with Crippen molar-refractivity contribution in [2.75, 3.05) is 0 Å². The Hall–Kier alpha value is -1.29. The first-order valence-corrected chi connectivity index (χ1v) is 3.87. The van der Waals surface area contributed by atoms with Gasteiger partial charge in [-0.05, 0) is 18.8 Å². The highest BCUT2D eigenvalue weighted by atomic mass is 14.6. The van der Waals surface area contributed by atoms with Crippen molar-refractivity contribution in [3.8, 4) is 0 Å². The van der Waals surface area contributed by atoms with Gasteiger partial charge in [-0.1, -0.05) is 29.8 Å². The largest absolute Gasteiger partial charge is 0.238 e. The van der Waals surface area contributed by atoms with Gasteiger partial charge in [-0.2, -0.15) is 0 Å². The SMILES string of the molecule is [C-]#[N+]c1cccc(C2CC2)c1. The first-order valence-electron chi connectivity index (χ1n) is 3.87. The molecule has 0 amide bonds. The maximum atomic E-state index is 6.83. The minimum Gasteiger partial charge on any atom is -0.238 e. The van der Waals surface area contributed by atoms with E-state index in [1.54, 1.807) is 0 Å². The van der Waals surface area contributed by atoms with Crippen LogP contribution in [0.3, 0.4) is 0 Å². The fourth-order valence-corrected chi connectivity index (χ4v) is 1.26. The molecule has 1 aliphatic carbocycles. The predicted molar refractivity (Wildman–Crippen MR) is 44.7 cm³/mol. The van der Waals surface area contributed by atoms with E-state index in [-0.39, 0.29) is 0 Å². The summed E-state index contributed by atoms with van der Waals surface area (Å²) >= 11 is 0. The van der Waals surface area contributed by atoms with Gasteiger partial charge in [-0.15, -0.1) is 0 Å². The zero-order chi connectivity index (χ0) is 7.68. The Labute approximate surface area is 66.5 Å². The zero-order valence-electron chi connectivity index (χ0n) is 6.25. The lowest BCUT2D eigenvalue weighted by molar-refractivity contribution is 1.13. The summed E-state index contributed by atoms with van der Waals surface area (Å²) in [6, 6.07) is 7.96. The molecule has 0 aliphatic heterocycles. The van der Waals surface area contributed by atoms with Crippen LogP contribution in [-0.4, -0.2) is 0 Å². The van der Waals surface area contributed by atoms with E-state index in [1.807, 2.05) is 18.2 Å². The lowest BCUT2D eigenvalue weighted by atomic mass is 10.1. The first kappa shape index (κ1) is 6.42. The van der Waals surface area contributed by atoms with Gasteiger partial charge >= 0.3 is 0 Å². The summed E-state index contributed by atoms with van der Waals surface area (Å²) in [4.78, 5) is 3.39. The third-order valence-electron chi connectivity index (χ3n) is 2.05. The Morgan fingerprint density at radius 1 is 1.36 bits per heavy atom. The maximum absolute atomic E-state index is 6.83. The standard InChI is InChI=1S/C10H9N/c1-11-10-4-2-3-9(7-10)8-5-6-8/h2-4,7-8H,5-6H2. The molecular formula is C10H9N. The third kappa shape index (κ3) is 1.25. The summed E-state index contributed by atoms with van der Waals surface area (Å²) in [6.07, 6.45) is 2.61. The van der Waals surface area contributed by atoms with Gasteiger partial charge < -0.3 is 0 Å². The highest BCUT2D eigenvalue weighted by Crippen LogP contribution is 2.40. The molecule has 1 heteroatoms. The monoisotopic (exact) mass is 143 g/mol. The van der Waals surface area contributed by atoms with Crippen molar-refractivity contribution < 1.29 is 0 Å². The van der Waals surface area contributed by atoms with Crippen LogP contribution < -0.4 is 0 Å². The fourth-order valence-electron chi connectivity index (χ4n) is 1.26. The molecule has 1 fully saturated rings. The second kappa shape index (κ2) is 2.39. The van der Waals surface area contributed by atoms with Crippen LogP contribution in [0.2, 0.25) is 0 Å². The molecule has 1 aromatic rings. The summed E-state index contributed by atoms with van der Waals surface area (Å²) in [5.41, 5.74) is 2.12. The molecule has 0 bridgehead atoms. The molecule has 1 aliphatic rings. The summed E-state index contributed by atoms with van der Waals surface area (Å²) in [6.45, 7) is 6.83. The van der Waals surface area contributed by atoms with Gasteiger partial charge in [0.1, 0.15) is 0 Å². The van der Waals surface area contributed by atoms with Crippen molar-refractivity contribution in [1.82, 2.24) is 0 Å². The Kier molecular flexibility index (Phi) is 1.40. The highest BCUT2D eigenvalue weighted by Gasteiger charge is 2.22. The molecule has 0 heterocycles. The van der Waals surface area contributed by atoms with Crippen LogP contribution in [0.25, 0.3) is 4.85 Å². The van der Waals surface area contributed by atoms with Crippen LogP contribution in [0.15, 0.2) is 24.3 Å². The van der Waals surface area contributed by atoms with Crippen molar-refractivity contribution in [1.29, 1.82) is 0 Å². The molecule has 1 nitrogen and oxygen atoms in total. The molecule has 0 spiro atoms. The van der Waals surface area contributed by atoms with Crippen LogP contribution in [0.4, 0.5) is 5.69 Å². The van der Waals surface area contributed by atoms with Crippen molar-refractivity contribution in [2.45, 2.75) is 18.8 Å². The minimum atomic E-state index is 0.761. The quantitative estimate of drug-likeness (QED) is 0.532. The Balaban J connectivity index is 2.35. The molecule has 0 saturated heterocycles. The fraction of sp³-hybridized carbons (Fsp3) is 0.300. The molecule has 0 N–H and O–H groups in total. The molecule has 2 rings (SSSR count). The number of hydrogen-bond donors (Lipinski definition) is 0. The molecule has 0 atom stereocenters. The smallest absolute Gasteiger partial charge is 0.187 e. The Bertz CT molecular complexity index is 305. The summed E-state index contributed by atoms with van der Waals surface area (Å²) < 4.78 is 0. The van der Waals surface area contributed by atoms with E-state index in [9.17, 15) is 0 Å². The van der Waals surface area contributed by atoms with E-state index in [2.05, 4.69) is 10.9 Å². The average Bonchev–Trinajstić information content (AvgIpc) is 2.87. The molecule has 0 unspecified atom stereocenters. The van der Waals surface area contributed by atoms with E-state index in [0.717, 1.165) is 11.6 Å². The van der Waals surface area contributed by atoms with E-state index in [1.165, 1.54) is 18.4 Å². The zero-order valence-corrected chi connectivity index (χ0v) is 6.25. The molecule has 54 valence electrons. The molecule has 1 aromatic carbocycles. The molecular weight excluding hydrogens is 134 g/mol. The predicted octanol–water partition coefficient (Wildman–Crippen LogP) is 3.11. The van der Waals surface area contributed by atoms with Gasteiger partial charge in [0.05, 0.1) is 6.57 Å². The van der Waals surface area contributed by atoms with Crippen molar-refractivity contribution in [3.63, 3.8) is 0 Å². The highest BCUT2D eigenvalue weighted by molar-refractivity contribution is 5.48. The van der Waals surface area contributed by atoms with Crippen molar-refractivity contribution in [2.24, 2.45) is 0 Å². The summed E-state index contributed by atoms with van der Waals surface area (Å²) in [5.74, 6) is 0.761. The van der Waals surface area contributed by atoms with Crippen LogP contribution in [-0.2, 0) is 0 Å². The average molecular weight is 143 g/mol. The second-order valence-corrected chi connectivity index (χ2v) is 2.98. The van der Waals surface area contributed by atoms with E-state index < -0.39 is 0 Å². The first-order chi connectivity index (χ1) is 5.40. The van der Waals surface area contributed by atoms with Gasteiger partial charge in [0.25, 0.3) is 0 Å². The van der Waals surface area contributed by atoms with Gasteiger partial charge in [-0.25, -0.2) is 4.85 Å². The van der Waals surface area contributed by atoms with Gasteiger partial charge in [-0.3, -0.25) is 0 Å².